The van der Waals surface area contributed by atoms with Gasteiger partial charge in [-0.1, -0.05) is 11.6 Å². The van der Waals surface area contributed by atoms with Crippen molar-refractivity contribution in [1.29, 1.82) is 0 Å². The molecule has 0 spiro atoms. The Bertz CT molecular complexity index is 491. The van der Waals surface area contributed by atoms with E-state index in [0.717, 1.165) is 0 Å². The molecule has 0 aliphatic carbocycles. The van der Waals surface area contributed by atoms with Crippen LogP contribution in [0.1, 0.15) is 6.04 Å². The number of hydrogen-bond acceptors (Lipinski definition) is 4. The first-order valence-electron chi connectivity index (χ1n) is 5.15. The van der Waals surface area contributed by atoms with Gasteiger partial charge in [0.15, 0.2) is 0 Å². The monoisotopic (exact) mass is 273 g/mol. The SMILES string of the molecule is FC(F)C(CNc1cncc(Cl)n1)n1cccn1. The fraction of sp³-hybridized carbons (Fsp3) is 0.300. The average molecular weight is 274 g/mol. The van der Waals surface area contributed by atoms with Crippen LogP contribution in [0, 0.1) is 0 Å². The highest BCUT2D eigenvalue weighted by Crippen LogP contribution is 2.16. The number of anilines is 1. The molecule has 0 aromatic carbocycles. The Morgan fingerprint density at radius 1 is 1.39 bits per heavy atom. The molecule has 0 saturated carbocycles. The molecule has 2 aromatic rings. The third kappa shape index (κ3) is 3.13. The van der Waals surface area contributed by atoms with Crippen molar-refractivity contribution in [3.63, 3.8) is 0 Å². The molecule has 1 unspecified atom stereocenters. The van der Waals surface area contributed by atoms with Crippen LogP contribution in [0.25, 0.3) is 0 Å². The molecule has 1 N–H and O–H groups in total. The smallest absolute Gasteiger partial charge is 0.262 e. The second kappa shape index (κ2) is 5.72. The highest BCUT2D eigenvalue weighted by atomic mass is 35.5. The molecule has 2 rings (SSSR count). The fourth-order valence-electron chi connectivity index (χ4n) is 1.41. The zero-order valence-electron chi connectivity index (χ0n) is 9.17. The first-order chi connectivity index (χ1) is 8.66. The number of aromatic nitrogens is 4. The molecule has 5 nitrogen and oxygen atoms in total. The summed E-state index contributed by atoms with van der Waals surface area (Å²) in [6, 6.07) is 0.523. The van der Waals surface area contributed by atoms with E-state index in [2.05, 4.69) is 20.4 Å². The van der Waals surface area contributed by atoms with Gasteiger partial charge in [0, 0.05) is 18.9 Å². The molecular weight excluding hydrogens is 264 g/mol. The Morgan fingerprint density at radius 2 is 2.22 bits per heavy atom. The number of nitrogens with zero attached hydrogens (tertiary/aromatic N) is 4. The van der Waals surface area contributed by atoms with Gasteiger partial charge in [0.05, 0.1) is 12.4 Å². The second-order valence-corrected chi connectivity index (χ2v) is 3.88. The molecule has 0 radical (unpaired) electrons. The summed E-state index contributed by atoms with van der Waals surface area (Å²) >= 11 is 5.64. The summed E-state index contributed by atoms with van der Waals surface area (Å²) in [5, 5.41) is 6.76. The van der Waals surface area contributed by atoms with Gasteiger partial charge >= 0.3 is 0 Å². The number of nitrogens with one attached hydrogen (secondary N) is 1. The van der Waals surface area contributed by atoms with Gasteiger partial charge in [-0.2, -0.15) is 5.10 Å². The van der Waals surface area contributed by atoms with Gasteiger partial charge in [-0.15, -0.1) is 0 Å². The number of hydrogen-bond donors (Lipinski definition) is 1. The quantitative estimate of drug-likeness (QED) is 0.908. The van der Waals surface area contributed by atoms with Crippen LogP contribution in [0.4, 0.5) is 14.6 Å². The lowest BCUT2D eigenvalue weighted by atomic mass is 10.3. The minimum absolute atomic E-state index is 0.0195. The highest BCUT2D eigenvalue weighted by molar-refractivity contribution is 6.29. The summed E-state index contributed by atoms with van der Waals surface area (Å²) < 4.78 is 27.0. The number of halogens is 3. The van der Waals surface area contributed by atoms with Crippen molar-refractivity contribution in [2.24, 2.45) is 0 Å². The van der Waals surface area contributed by atoms with Crippen LogP contribution in [0.15, 0.2) is 30.9 Å². The summed E-state index contributed by atoms with van der Waals surface area (Å²) in [7, 11) is 0. The zero-order valence-corrected chi connectivity index (χ0v) is 9.93. The Kier molecular flexibility index (Phi) is 4.03. The van der Waals surface area contributed by atoms with Crippen molar-refractivity contribution in [2.75, 3.05) is 11.9 Å². The number of rotatable bonds is 5. The Labute approximate surface area is 107 Å². The Balaban J connectivity index is 2.03. The molecule has 1 atom stereocenters. The van der Waals surface area contributed by atoms with Crippen LogP contribution in [-0.2, 0) is 0 Å². The minimum Gasteiger partial charge on any atom is -0.366 e. The lowest BCUT2D eigenvalue weighted by molar-refractivity contribution is 0.0825. The first kappa shape index (κ1) is 12.7. The van der Waals surface area contributed by atoms with E-state index >= 15 is 0 Å². The Morgan fingerprint density at radius 3 is 2.83 bits per heavy atom. The zero-order chi connectivity index (χ0) is 13.0. The normalized spacial score (nSPS) is 12.7. The highest BCUT2D eigenvalue weighted by Gasteiger charge is 2.22. The van der Waals surface area contributed by atoms with Crippen molar-refractivity contribution in [2.45, 2.75) is 12.5 Å². The molecule has 0 saturated heterocycles. The van der Waals surface area contributed by atoms with Gasteiger partial charge < -0.3 is 5.32 Å². The van der Waals surface area contributed by atoms with E-state index in [-0.39, 0.29) is 11.7 Å². The van der Waals surface area contributed by atoms with Crippen molar-refractivity contribution in [3.8, 4) is 0 Å². The van der Waals surface area contributed by atoms with E-state index in [1.54, 1.807) is 6.07 Å². The van der Waals surface area contributed by atoms with Gasteiger partial charge in [-0.25, -0.2) is 13.8 Å². The molecule has 18 heavy (non-hydrogen) atoms. The van der Waals surface area contributed by atoms with Crippen LogP contribution in [0.2, 0.25) is 5.15 Å². The van der Waals surface area contributed by atoms with E-state index in [1.807, 2.05) is 0 Å². The summed E-state index contributed by atoms with van der Waals surface area (Å²) in [5.41, 5.74) is 0. The Hall–Kier alpha value is -1.76. The summed E-state index contributed by atoms with van der Waals surface area (Å²) in [6.07, 6.45) is 3.18. The van der Waals surface area contributed by atoms with E-state index in [4.69, 9.17) is 11.6 Å². The van der Waals surface area contributed by atoms with E-state index < -0.39 is 12.5 Å². The van der Waals surface area contributed by atoms with Gasteiger partial charge in [0.1, 0.15) is 17.0 Å². The maximum absolute atomic E-state index is 12.9. The van der Waals surface area contributed by atoms with Crippen LogP contribution in [0.3, 0.4) is 0 Å². The average Bonchev–Trinajstić information content (AvgIpc) is 2.82. The lowest BCUT2D eigenvalue weighted by Crippen LogP contribution is -2.26. The van der Waals surface area contributed by atoms with Crippen LogP contribution in [-0.4, -0.2) is 32.7 Å². The fourth-order valence-corrected chi connectivity index (χ4v) is 1.56. The van der Waals surface area contributed by atoms with Crippen LogP contribution < -0.4 is 5.32 Å². The molecule has 2 aromatic heterocycles. The number of alkyl halides is 2. The first-order valence-corrected chi connectivity index (χ1v) is 5.53. The van der Waals surface area contributed by atoms with E-state index in [1.165, 1.54) is 29.5 Å². The summed E-state index contributed by atoms with van der Waals surface area (Å²) in [5.74, 6) is 0.348. The minimum atomic E-state index is -2.54. The predicted octanol–water partition coefficient (Wildman–Crippen LogP) is 2.24. The topological polar surface area (TPSA) is 55.6 Å². The van der Waals surface area contributed by atoms with Crippen molar-refractivity contribution in [1.82, 2.24) is 19.7 Å². The molecule has 0 bridgehead atoms. The van der Waals surface area contributed by atoms with Gasteiger partial charge in [-0.05, 0) is 6.07 Å². The summed E-state index contributed by atoms with van der Waals surface area (Å²) in [4.78, 5) is 7.71. The molecule has 8 heteroatoms. The van der Waals surface area contributed by atoms with Crippen molar-refractivity contribution < 1.29 is 8.78 Å². The molecule has 0 amide bonds. The van der Waals surface area contributed by atoms with Crippen molar-refractivity contribution in [3.05, 3.63) is 36.0 Å². The molecule has 2 heterocycles. The molecular formula is C10H10ClF2N5. The van der Waals surface area contributed by atoms with Gasteiger partial charge in [0.2, 0.25) is 0 Å². The lowest BCUT2D eigenvalue weighted by Gasteiger charge is -2.17. The second-order valence-electron chi connectivity index (χ2n) is 3.50. The van der Waals surface area contributed by atoms with Crippen molar-refractivity contribution >= 4 is 17.4 Å². The maximum atomic E-state index is 12.9. The van der Waals surface area contributed by atoms with Crippen LogP contribution in [0.5, 0.6) is 0 Å². The molecule has 96 valence electrons. The molecule has 0 aliphatic heterocycles. The predicted molar refractivity (Wildman–Crippen MR) is 62.8 cm³/mol. The largest absolute Gasteiger partial charge is 0.366 e. The standard InChI is InChI=1S/C10H10ClF2N5/c11-8-5-14-6-9(17-8)15-4-7(10(12)13)18-3-1-2-16-18/h1-3,5-7,10H,4H2,(H,15,17). The van der Waals surface area contributed by atoms with E-state index in [0.29, 0.717) is 5.82 Å². The van der Waals surface area contributed by atoms with E-state index in [9.17, 15) is 8.78 Å². The third-order valence-electron chi connectivity index (χ3n) is 2.25. The van der Waals surface area contributed by atoms with Crippen LogP contribution >= 0.6 is 11.6 Å². The van der Waals surface area contributed by atoms with Gasteiger partial charge in [-0.3, -0.25) is 9.67 Å². The molecule has 0 fully saturated rings. The third-order valence-corrected chi connectivity index (χ3v) is 2.44. The maximum Gasteiger partial charge on any atom is 0.262 e. The van der Waals surface area contributed by atoms with Gasteiger partial charge in [0.25, 0.3) is 6.43 Å². The summed E-state index contributed by atoms with van der Waals surface area (Å²) in [6.45, 7) is -0.0195. The molecule has 0 aliphatic rings.